The van der Waals surface area contributed by atoms with Crippen LogP contribution in [0.15, 0.2) is 0 Å². The Bertz CT molecular complexity index is 338. The second-order valence-corrected chi connectivity index (χ2v) is 3.75. The summed E-state index contributed by atoms with van der Waals surface area (Å²) in [5, 5.41) is 0. The molecule has 18 heavy (non-hydrogen) atoms. The first-order valence-corrected chi connectivity index (χ1v) is 5.45. The Morgan fingerprint density at radius 2 is 1.50 bits per heavy atom. The fraction of sp³-hybridized carbons (Fsp3) is 0.636. The van der Waals surface area contributed by atoms with Gasteiger partial charge in [-0.25, -0.2) is 9.59 Å². The molecule has 0 aromatic rings. The van der Waals surface area contributed by atoms with E-state index >= 15 is 0 Å². The van der Waals surface area contributed by atoms with E-state index in [1.165, 1.54) is 0 Å². The lowest BCUT2D eigenvalue weighted by Gasteiger charge is -2.11. The van der Waals surface area contributed by atoms with Crippen molar-refractivity contribution in [3.63, 3.8) is 0 Å². The van der Waals surface area contributed by atoms with E-state index < -0.39 is 29.5 Å². The summed E-state index contributed by atoms with van der Waals surface area (Å²) in [4.78, 5) is 42.7. The first-order valence-electron chi connectivity index (χ1n) is 5.45. The number of rotatable bonds is 8. The Hall–Kier alpha value is -1.76. The Morgan fingerprint density at radius 1 is 1.00 bits per heavy atom. The van der Waals surface area contributed by atoms with Crippen molar-refractivity contribution in [2.75, 3.05) is 13.2 Å². The standard InChI is InChI=1S/C11H17NO6/c1-7(13)10(15)17-5-3-4-9(12)6-18-11(16)8(2)14/h9H,3-6,12H2,1-2H3. The second kappa shape index (κ2) is 8.35. The highest BCUT2D eigenvalue weighted by atomic mass is 16.5. The normalized spacial score (nSPS) is 11.5. The van der Waals surface area contributed by atoms with Crippen LogP contribution >= 0.6 is 0 Å². The predicted molar refractivity (Wildman–Crippen MR) is 60.5 cm³/mol. The SMILES string of the molecule is CC(=O)C(=O)OCCCC(N)COC(=O)C(C)=O. The average Bonchev–Trinajstić information content (AvgIpc) is 2.30. The summed E-state index contributed by atoms with van der Waals surface area (Å²) in [5.74, 6) is -3.15. The molecule has 0 rings (SSSR count). The molecule has 0 saturated carbocycles. The minimum atomic E-state index is -0.923. The van der Waals surface area contributed by atoms with Gasteiger partial charge in [0.15, 0.2) is 0 Å². The highest BCUT2D eigenvalue weighted by Gasteiger charge is 2.12. The van der Waals surface area contributed by atoms with E-state index in [4.69, 9.17) is 5.73 Å². The van der Waals surface area contributed by atoms with Gasteiger partial charge < -0.3 is 15.2 Å². The lowest BCUT2D eigenvalue weighted by atomic mass is 10.2. The van der Waals surface area contributed by atoms with Gasteiger partial charge in [-0.2, -0.15) is 0 Å². The number of hydrogen-bond donors (Lipinski definition) is 1. The van der Waals surface area contributed by atoms with Crippen molar-refractivity contribution in [1.29, 1.82) is 0 Å². The van der Waals surface area contributed by atoms with Crippen LogP contribution in [0.5, 0.6) is 0 Å². The molecule has 0 aliphatic heterocycles. The number of hydrogen-bond acceptors (Lipinski definition) is 7. The summed E-state index contributed by atoms with van der Waals surface area (Å²) < 4.78 is 9.22. The minimum absolute atomic E-state index is 0.0704. The Morgan fingerprint density at radius 3 is 2.00 bits per heavy atom. The topological polar surface area (TPSA) is 113 Å². The first-order chi connectivity index (χ1) is 8.34. The molecule has 0 aromatic heterocycles. The molecular formula is C11H17NO6. The van der Waals surface area contributed by atoms with Gasteiger partial charge in [0.2, 0.25) is 11.6 Å². The Labute approximate surface area is 105 Å². The minimum Gasteiger partial charge on any atom is -0.460 e. The van der Waals surface area contributed by atoms with Crippen molar-refractivity contribution in [3.05, 3.63) is 0 Å². The second-order valence-electron chi connectivity index (χ2n) is 3.75. The van der Waals surface area contributed by atoms with Gasteiger partial charge in [-0.1, -0.05) is 0 Å². The van der Waals surface area contributed by atoms with Gasteiger partial charge in [0.1, 0.15) is 6.61 Å². The Kier molecular flexibility index (Phi) is 7.53. The third-order valence-corrected chi connectivity index (χ3v) is 1.96. The maximum Gasteiger partial charge on any atom is 0.374 e. The number of nitrogens with two attached hydrogens (primary N) is 1. The number of esters is 2. The van der Waals surface area contributed by atoms with E-state index in [1.807, 2.05) is 0 Å². The molecule has 0 fully saturated rings. The van der Waals surface area contributed by atoms with Crippen LogP contribution in [0, 0.1) is 0 Å². The van der Waals surface area contributed by atoms with Gasteiger partial charge in [0.25, 0.3) is 0 Å². The monoisotopic (exact) mass is 259 g/mol. The zero-order valence-electron chi connectivity index (χ0n) is 10.4. The largest absolute Gasteiger partial charge is 0.460 e. The van der Waals surface area contributed by atoms with E-state index in [0.717, 1.165) is 13.8 Å². The van der Waals surface area contributed by atoms with Crippen molar-refractivity contribution in [2.45, 2.75) is 32.7 Å². The number of carbonyl (C=O) groups excluding carboxylic acids is 4. The van der Waals surface area contributed by atoms with Gasteiger partial charge in [0, 0.05) is 19.9 Å². The predicted octanol–water partition coefficient (Wildman–Crippen LogP) is -0.642. The van der Waals surface area contributed by atoms with Crippen LogP contribution in [0.3, 0.4) is 0 Å². The lowest BCUT2D eigenvalue weighted by Crippen LogP contribution is -2.29. The van der Waals surface area contributed by atoms with E-state index in [1.54, 1.807) is 0 Å². The van der Waals surface area contributed by atoms with E-state index in [9.17, 15) is 19.2 Å². The fourth-order valence-corrected chi connectivity index (χ4v) is 0.980. The number of ether oxygens (including phenoxy) is 2. The van der Waals surface area contributed by atoms with Crippen molar-refractivity contribution in [2.24, 2.45) is 5.73 Å². The average molecular weight is 259 g/mol. The molecule has 1 atom stereocenters. The summed E-state index contributed by atoms with van der Waals surface area (Å²) in [6, 6.07) is -0.440. The van der Waals surface area contributed by atoms with Crippen LogP contribution < -0.4 is 5.73 Å². The number of ketones is 2. The van der Waals surface area contributed by atoms with E-state index in [2.05, 4.69) is 9.47 Å². The third kappa shape index (κ3) is 7.50. The third-order valence-electron chi connectivity index (χ3n) is 1.96. The molecule has 1 unspecified atom stereocenters. The van der Waals surface area contributed by atoms with Crippen LogP contribution in [0.2, 0.25) is 0 Å². The van der Waals surface area contributed by atoms with E-state index in [-0.39, 0.29) is 13.2 Å². The fourth-order valence-electron chi connectivity index (χ4n) is 0.980. The lowest BCUT2D eigenvalue weighted by molar-refractivity contribution is -0.153. The van der Waals surface area contributed by atoms with Gasteiger partial charge in [-0.3, -0.25) is 9.59 Å². The summed E-state index contributed by atoms with van der Waals surface area (Å²) in [5.41, 5.74) is 5.60. The van der Waals surface area contributed by atoms with Crippen LogP contribution in [0.1, 0.15) is 26.7 Å². The molecule has 0 spiro atoms. The van der Waals surface area contributed by atoms with Crippen LogP contribution in [0.25, 0.3) is 0 Å². The van der Waals surface area contributed by atoms with Crippen molar-refractivity contribution in [1.82, 2.24) is 0 Å². The smallest absolute Gasteiger partial charge is 0.374 e. The van der Waals surface area contributed by atoms with Crippen molar-refractivity contribution >= 4 is 23.5 Å². The maximum absolute atomic E-state index is 10.8. The van der Waals surface area contributed by atoms with Gasteiger partial charge in [-0.15, -0.1) is 0 Å². The molecule has 0 aliphatic rings. The zero-order chi connectivity index (χ0) is 14.1. The molecule has 0 saturated heterocycles. The summed E-state index contributed by atoms with van der Waals surface area (Å²) >= 11 is 0. The molecule has 7 heteroatoms. The maximum atomic E-state index is 10.8. The summed E-state index contributed by atoms with van der Waals surface area (Å²) in [6.07, 6.45) is 0.883. The van der Waals surface area contributed by atoms with Gasteiger partial charge in [-0.05, 0) is 12.8 Å². The molecule has 2 N–H and O–H groups in total. The van der Waals surface area contributed by atoms with Gasteiger partial charge >= 0.3 is 11.9 Å². The molecular weight excluding hydrogens is 242 g/mol. The van der Waals surface area contributed by atoms with Gasteiger partial charge in [0.05, 0.1) is 6.61 Å². The first kappa shape index (κ1) is 16.2. The molecule has 0 bridgehead atoms. The molecule has 0 radical (unpaired) electrons. The highest BCUT2D eigenvalue weighted by molar-refractivity contribution is 6.32. The van der Waals surface area contributed by atoms with Crippen LogP contribution in [0.4, 0.5) is 0 Å². The quantitative estimate of drug-likeness (QED) is 0.350. The van der Waals surface area contributed by atoms with Crippen molar-refractivity contribution < 1.29 is 28.7 Å². The highest BCUT2D eigenvalue weighted by Crippen LogP contribution is 1.97. The molecule has 0 aromatic carbocycles. The molecule has 0 aliphatic carbocycles. The number of Topliss-reactive ketones (excluding diaryl/α,β-unsaturated/α-hetero) is 2. The number of carbonyl (C=O) groups is 4. The molecule has 7 nitrogen and oxygen atoms in total. The summed E-state index contributed by atoms with van der Waals surface area (Å²) in [7, 11) is 0. The molecule has 102 valence electrons. The van der Waals surface area contributed by atoms with Crippen LogP contribution in [-0.2, 0) is 28.7 Å². The van der Waals surface area contributed by atoms with Crippen molar-refractivity contribution in [3.8, 4) is 0 Å². The summed E-state index contributed by atoms with van der Waals surface area (Å²) in [6.45, 7) is 2.23. The van der Waals surface area contributed by atoms with Crippen LogP contribution in [-0.4, -0.2) is 42.8 Å². The molecule has 0 amide bonds. The van der Waals surface area contributed by atoms with E-state index in [0.29, 0.717) is 12.8 Å². The molecule has 0 heterocycles. The Balaban J connectivity index is 3.63. The zero-order valence-corrected chi connectivity index (χ0v) is 10.4.